The van der Waals surface area contributed by atoms with Gasteiger partial charge in [-0.15, -0.1) is 5.10 Å². The third-order valence-electron chi connectivity index (χ3n) is 3.27. The van der Waals surface area contributed by atoms with E-state index in [1.165, 1.54) is 5.56 Å². The molecule has 0 spiro atoms. The molecule has 114 valence electrons. The van der Waals surface area contributed by atoms with Gasteiger partial charge in [0.1, 0.15) is 0 Å². The molecule has 3 rings (SSSR count). The van der Waals surface area contributed by atoms with E-state index in [2.05, 4.69) is 22.1 Å². The number of hydrogen-bond donors (Lipinski definition) is 0. The van der Waals surface area contributed by atoms with Gasteiger partial charge in [0.2, 0.25) is 4.77 Å². The molecule has 0 saturated carbocycles. The fourth-order valence-electron chi connectivity index (χ4n) is 2.31. The third kappa shape index (κ3) is 3.17. The monoisotopic (exact) mass is 352 g/mol. The smallest absolute Gasteiger partial charge is 0.203 e. The van der Waals surface area contributed by atoms with Crippen LogP contribution in [0.25, 0.3) is 5.65 Å². The second-order valence-corrected chi connectivity index (χ2v) is 6.33. The van der Waals surface area contributed by atoms with E-state index in [1.807, 2.05) is 25.2 Å². The van der Waals surface area contributed by atoms with Crippen LogP contribution in [0.1, 0.15) is 5.56 Å². The molecule has 0 aliphatic heterocycles. The Morgan fingerprint density at radius 2 is 1.95 bits per heavy atom. The van der Waals surface area contributed by atoms with Crippen LogP contribution in [-0.2, 0) is 13.2 Å². The summed E-state index contributed by atoms with van der Waals surface area (Å²) in [5.74, 6) is 0. The molecule has 2 heterocycles. The van der Waals surface area contributed by atoms with Gasteiger partial charge in [-0.25, -0.2) is 4.68 Å². The van der Waals surface area contributed by atoms with Crippen molar-refractivity contribution in [3.8, 4) is 0 Å². The van der Waals surface area contributed by atoms with E-state index in [-0.39, 0.29) is 0 Å². The Hall–Kier alpha value is -1.40. The summed E-state index contributed by atoms with van der Waals surface area (Å²) in [6, 6.07) is 11.9. The van der Waals surface area contributed by atoms with Crippen LogP contribution >= 0.6 is 35.4 Å². The Balaban J connectivity index is 1.86. The number of pyridine rings is 1. The van der Waals surface area contributed by atoms with Crippen LogP contribution in [0.3, 0.4) is 0 Å². The van der Waals surface area contributed by atoms with Crippen molar-refractivity contribution in [2.24, 2.45) is 0 Å². The highest BCUT2D eigenvalue weighted by Gasteiger charge is 2.10. The van der Waals surface area contributed by atoms with Crippen LogP contribution in [0.4, 0.5) is 0 Å². The Morgan fingerprint density at radius 3 is 2.68 bits per heavy atom. The Bertz CT molecular complexity index is 857. The number of fused-ring (bicyclic) bond motifs is 1. The van der Waals surface area contributed by atoms with Gasteiger partial charge in [0.15, 0.2) is 5.65 Å². The van der Waals surface area contributed by atoms with Gasteiger partial charge in [-0.1, -0.05) is 53.5 Å². The van der Waals surface area contributed by atoms with E-state index in [1.54, 1.807) is 21.3 Å². The zero-order chi connectivity index (χ0) is 15.7. The molecule has 0 atom stereocenters. The highest BCUT2D eigenvalue weighted by molar-refractivity contribution is 7.71. The summed E-state index contributed by atoms with van der Waals surface area (Å²) in [6.45, 7) is 1.38. The molecular formula is C15H14Cl2N4S. The van der Waals surface area contributed by atoms with Gasteiger partial charge >= 0.3 is 0 Å². The molecule has 1 aromatic carbocycles. The molecule has 22 heavy (non-hydrogen) atoms. The van der Waals surface area contributed by atoms with Gasteiger partial charge in [0.05, 0.1) is 16.7 Å². The van der Waals surface area contributed by atoms with Crippen molar-refractivity contribution in [1.82, 2.24) is 19.1 Å². The minimum Gasteiger partial charge on any atom is -0.283 e. The highest BCUT2D eigenvalue weighted by Crippen LogP contribution is 2.21. The van der Waals surface area contributed by atoms with E-state index in [0.29, 0.717) is 27.1 Å². The Labute approximate surface area is 143 Å². The average Bonchev–Trinajstić information content (AvgIpc) is 2.78. The van der Waals surface area contributed by atoms with E-state index in [0.717, 1.165) is 6.54 Å². The predicted octanol–water partition coefficient (Wildman–Crippen LogP) is 4.26. The van der Waals surface area contributed by atoms with Crippen LogP contribution in [0.5, 0.6) is 0 Å². The van der Waals surface area contributed by atoms with E-state index in [9.17, 15) is 0 Å². The zero-order valence-electron chi connectivity index (χ0n) is 11.9. The molecular weight excluding hydrogens is 339 g/mol. The number of nitrogens with zero attached hydrogens (tertiary/aromatic N) is 4. The Kier molecular flexibility index (Phi) is 4.49. The summed E-state index contributed by atoms with van der Waals surface area (Å²) in [6.07, 6.45) is 1.73. The number of hydrogen-bond acceptors (Lipinski definition) is 3. The maximum Gasteiger partial charge on any atom is 0.203 e. The second-order valence-electron chi connectivity index (χ2n) is 5.12. The summed E-state index contributed by atoms with van der Waals surface area (Å²) in [4.78, 5) is 2.13. The summed E-state index contributed by atoms with van der Waals surface area (Å²) in [5, 5.41) is 5.50. The molecule has 7 heteroatoms. The van der Waals surface area contributed by atoms with Crippen LogP contribution in [-0.4, -0.2) is 26.1 Å². The molecule has 0 aliphatic rings. The number of rotatable bonds is 4. The van der Waals surface area contributed by atoms with Crippen LogP contribution < -0.4 is 0 Å². The molecule has 3 aromatic rings. The molecule has 0 unspecified atom stereocenters. The highest BCUT2D eigenvalue weighted by atomic mass is 35.5. The largest absolute Gasteiger partial charge is 0.283 e. The minimum absolute atomic E-state index is 0.489. The molecule has 0 N–H and O–H groups in total. The van der Waals surface area contributed by atoms with Crippen molar-refractivity contribution >= 4 is 41.1 Å². The SMILES string of the molecule is CN(Cc1ccccc1)Cn1nc2c(Cl)cc(Cl)cn2c1=S. The quantitative estimate of drug-likeness (QED) is 0.656. The van der Waals surface area contributed by atoms with Crippen molar-refractivity contribution in [1.29, 1.82) is 0 Å². The lowest BCUT2D eigenvalue weighted by atomic mass is 10.2. The number of halogens is 2. The summed E-state index contributed by atoms with van der Waals surface area (Å²) >= 11 is 17.6. The third-order valence-corrected chi connectivity index (χ3v) is 4.16. The molecule has 0 saturated heterocycles. The first-order valence-electron chi connectivity index (χ1n) is 6.71. The summed E-state index contributed by atoms with van der Waals surface area (Å²) in [7, 11) is 2.02. The average molecular weight is 353 g/mol. The normalized spacial score (nSPS) is 11.5. The number of aromatic nitrogens is 3. The molecule has 0 aliphatic carbocycles. The molecule has 0 amide bonds. The van der Waals surface area contributed by atoms with Gasteiger partial charge in [-0.2, -0.15) is 0 Å². The van der Waals surface area contributed by atoms with Crippen molar-refractivity contribution in [2.45, 2.75) is 13.2 Å². The van der Waals surface area contributed by atoms with Crippen LogP contribution in [0.2, 0.25) is 10.0 Å². The van der Waals surface area contributed by atoms with Crippen LogP contribution in [0, 0.1) is 4.77 Å². The lowest BCUT2D eigenvalue weighted by molar-refractivity contribution is 0.245. The lowest BCUT2D eigenvalue weighted by Crippen LogP contribution is -2.22. The Morgan fingerprint density at radius 1 is 1.23 bits per heavy atom. The molecule has 0 fully saturated rings. The second kappa shape index (κ2) is 6.38. The minimum atomic E-state index is 0.489. The fourth-order valence-corrected chi connectivity index (χ4v) is 3.06. The summed E-state index contributed by atoms with van der Waals surface area (Å²) in [5.41, 5.74) is 1.85. The first-order chi connectivity index (χ1) is 10.5. The predicted molar refractivity (Wildman–Crippen MR) is 91.9 cm³/mol. The molecule has 2 aromatic heterocycles. The van der Waals surface area contributed by atoms with Gasteiger partial charge in [-0.3, -0.25) is 9.30 Å². The van der Waals surface area contributed by atoms with Gasteiger partial charge in [0, 0.05) is 12.7 Å². The standard InChI is InChI=1S/C15H14Cl2N4S/c1-19(8-11-5-3-2-4-6-11)10-21-15(22)20-9-12(16)7-13(17)14(20)18-21/h2-7,9H,8,10H2,1H3. The maximum absolute atomic E-state index is 6.17. The maximum atomic E-state index is 6.17. The molecule has 0 radical (unpaired) electrons. The lowest BCUT2D eigenvalue weighted by Gasteiger charge is -2.16. The van der Waals surface area contributed by atoms with Crippen molar-refractivity contribution < 1.29 is 0 Å². The fraction of sp³-hybridized carbons (Fsp3) is 0.200. The zero-order valence-corrected chi connectivity index (χ0v) is 14.2. The summed E-state index contributed by atoms with van der Waals surface area (Å²) < 4.78 is 4.05. The first kappa shape index (κ1) is 15.5. The van der Waals surface area contributed by atoms with Crippen molar-refractivity contribution in [3.63, 3.8) is 0 Å². The number of benzene rings is 1. The topological polar surface area (TPSA) is 25.5 Å². The van der Waals surface area contributed by atoms with E-state index < -0.39 is 0 Å². The van der Waals surface area contributed by atoms with E-state index in [4.69, 9.17) is 35.4 Å². The van der Waals surface area contributed by atoms with Gasteiger partial charge < -0.3 is 0 Å². The van der Waals surface area contributed by atoms with Crippen LogP contribution in [0.15, 0.2) is 42.6 Å². The van der Waals surface area contributed by atoms with E-state index >= 15 is 0 Å². The molecule has 4 nitrogen and oxygen atoms in total. The van der Waals surface area contributed by atoms with Gasteiger partial charge in [-0.05, 0) is 30.9 Å². The van der Waals surface area contributed by atoms with Gasteiger partial charge in [0.25, 0.3) is 0 Å². The van der Waals surface area contributed by atoms with Crippen molar-refractivity contribution in [3.05, 3.63) is 63.0 Å². The first-order valence-corrected chi connectivity index (χ1v) is 7.88. The molecule has 0 bridgehead atoms. The van der Waals surface area contributed by atoms with Crippen molar-refractivity contribution in [2.75, 3.05) is 7.05 Å².